The summed E-state index contributed by atoms with van der Waals surface area (Å²) in [4.78, 5) is 0. The molecule has 108 valence electrons. The molecule has 0 aromatic rings. The van der Waals surface area contributed by atoms with E-state index in [-0.39, 0.29) is 5.60 Å². The number of ether oxygens (including phenoxy) is 1. The number of hydrogen-bond donors (Lipinski definition) is 1. The quantitative estimate of drug-likeness (QED) is 0.588. The van der Waals surface area contributed by atoms with Crippen LogP contribution in [0.15, 0.2) is 0 Å². The highest BCUT2D eigenvalue weighted by Gasteiger charge is 2.40. The maximum absolute atomic E-state index is 5.95. The normalized spacial score (nSPS) is 20.2. The Hall–Kier alpha value is -0.0800. The summed E-state index contributed by atoms with van der Waals surface area (Å²) in [6.45, 7) is 5.65. The summed E-state index contributed by atoms with van der Waals surface area (Å²) in [7, 11) is 1.91. The predicted molar refractivity (Wildman–Crippen MR) is 79.0 cm³/mol. The van der Waals surface area contributed by atoms with E-state index in [0.29, 0.717) is 6.04 Å². The van der Waals surface area contributed by atoms with Gasteiger partial charge < -0.3 is 10.1 Å². The second-order valence-corrected chi connectivity index (χ2v) is 5.83. The van der Waals surface area contributed by atoms with Crippen molar-refractivity contribution in [1.82, 2.24) is 5.32 Å². The van der Waals surface area contributed by atoms with Crippen molar-refractivity contribution in [1.29, 1.82) is 0 Å². The first kappa shape index (κ1) is 16.0. The van der Waals surface area contributed by atoms with Crippen LogP contribution in [-0.2, 0) is 4.74 Å². The van der Waals surface area contributed by atoms with Crippen LogP contribution in [0, 0.1) is 0 Å². The molecule has 1 rings (SSSR count). The van der Waals surface area contributed by atoms with Gasteiger partial charge in [0.15, 0.2) is 0 Å². The van der Waals surface area contributed by atoms with E-state index in [1.165, 1.54) is 64.2 Å². The molecule has 0 aromatic carbocycles. The Bertz CT molecular complexity index is 199. The summed E-state index contributed by atoms with van der Waals surface area (Å²) < 4.78 is 5.95. The van der Waals surface area contributed by atoms with Crippen LogP contribution in [0.1, 0.15) is 78.1 Å². The van der Waals surface area contributed by atoms with Gasteiger partial charge in [-0.1, -0.05) is 52.4 Å². The highest BCUT2D eigenvalue weighted by molar-refractivity contribution is 4.96. The molecule has 0 saturated heterocycles. The highest BCUT2D eigenvalue weighted by atomic mass is 16.5. The van der Waals surface area contributed by atoms with Crippen LogP contribution in [0.4, 0.5) is 0 Å². The molecule has 0 spiro atoms. The van der Waals surface area contributed by atoms with Crippen molar-refractivity contribution in [3.05, 3.63) is 0 Å². The van der Waals surface area contributed by atoms with E-state index in [1.54, 1.807) is 0 Å². The van der Waals surface area contributed by atoms with Gasteiger partial charge in [-0.3, -0.25) is 0 Å². The van der Waals surface area contributed by atoms with Crippen LogP contribution in [0.3, 0.4) is 0 Å². The first-order valence-corrected chi connectivity index (χ1v) is 8.07. The molecule has 1 aliphatic rings. The summed E-state index contributed by atoms with van der Waals surface area (Å²) in [6, 6.07) is 0.571. The number of hydrogen-bond acceptors (Lipinski definition) is 2. The van der Waals surface area contributed by atoms with Gasteiger partial charge in [-0.25, -0.2) is 0 Å². The molecular weight excluding hydrogens is 222 g/mol. The molecule has 0 amide bonds. The van der Waals surface area contributed by atoms with Crippen LogP contribution >= 0.6 is 0 Å². The summed E-state index contributed by atoms with van der Waals surface area (Å²) >= 11 is 0. The van der Waals surface area contributed by atoms with Gasteiger partial charge in [-0.2, -0.15) is 0 Å². The number of methoxy groups -OCH3 is 1. The maximum Gasteiger partial charge on any atom is 0.0830 e. The Kier molecular flexibility index (Phi) is 7.92. The minimum Gasteiger partial charge on any atom is -0.377 e. The van der Waals surface area contributed by atoms with Gasteiger partial charge in [-0.15, -0.1) is 0 Å². The number of nitrogens with one attached hydrogen (secondary N) is 1. The van der Waals surface area contributed by atoms with E-state index in [0.717, 1.165) is 6.54 Å². The molecule has 0 aliphatic heterocycles. The largest absolute Gasteiger partial charge is 0.377 e. The van der Waals surface area contributed by atoms with Crippen molar-refractivity contribution in [3.63, 3.8) is 0 Å². The van der Waals surface area contributed by atoms with Gasteiger partial charge >= 0.3 is 0 Å². The summed E-state index contributed by atoms with van der Waals surface area (Å²) in [5, 5.41) is 3.76. The van der Waals surface area contributed by atoms with Gasteiger partial charge in [0.25, 0.3) is 0 Å². The van der Waals surface area contributed by atoms with Crippen molar-refractivity contribution in [2.75, 3.05) is 13.7 Å². The molecule has 0 aromatic heterocycles. The zero-order valence-corrected chi connectivity index (χ0v) is 12.8. The van der Waals surface area contributed by atoms with E-state index < -0.39 is 0 Å². The first-order valence-electron chi connectivity index (χ1n) is 8.07. The molecule has 1 atom stereocenters. The molecule has 18 heavy (non-hydrogen) atoms. The molecule has 1 unspecified atom stereocenters. The molecule has 1 aliphatic carbocycles. The number of rotatable bonds is 10. The fourth-order valence-corrected chi connectivity index (χ4v) is 3.31. The van der Waals surface area contributed by atoms with Crippen LogP contribution in [0.25, 0.3) is 0 Å². The lowest BCUT2D eigenvalue weighted by Gasteiger charge is -2.37. The monoisotopic (exact) mass is 255 g/mol. The summed E-state index contributed by atoms with van der Waals surface area (Å²) in [5.41, 5.74) is 0.140. The molecule has 0 radical (unpaired) electrons. The molecule has 2 nitrogen and oxygen atoms in total. The number of unbranched alkanes of at least 4 members (excludes halogenated alkanes) is 3. The molecule has 1 fully saturated rings. The van der Waals surface area contributed by atoms with E-state index in [1.807, 2.05) is 7.11 Å². The maximum atomic E-state index is 5.95. The summed E-state index contributed by atoms with van der Waals surface area (Å²) in [6.07, 6.45) is 13.1. The summed E-state index contributed by atoms with van der Waals surface area (Å²) in [5.74, 6) is 0. The molecule has 1 N–H and O–H groups in total. The standard InChI is InChI=1S/C16H33NO/c1-4-6-7-8-11-15(17-14-5-2)16(18-3)12-9-10-13-16/h15,17H,4-14H2,1-3H3. The van der Waals surface area contributed by atoms with Crippen LogP contribution in [0.5, 0.6) is 0 Å². The zero-order chi connectivity index (χ0) is 13.3. The Morgan fingerprint density at radius 2 is 1.78 bits per heavy atom. The van der Waals surface area contributed by atoms with Crippen molar-refractivity contribution >= 4 is 0 Å². The van der Waals surface area contributed by atoms with Crippen molar-refractivity contribution in [3.8, 4) is 0 Å². The Morgan fingerprint density at radius 1 is 1.06 bits per heavy atom. The fraction of sp³-hybridized carbons (Fsp3) is 1.00. The van der Waals surface area contributed by atoms with Crippen molar-refractivity contribution in [2.24, 2.45) is 0 Å². The van der Waals surface area contributed by atoms with Crippen molar-refractivity contribution in [2.45, 2.75) is 89.7 Å². The SMILES string of the molecule is CCCCCCC(NCCC)C1(OC)CCCC1. The minimum absolute atomic E-state index is 0.140. The molecule has 0 bridgehead atoms. The average molecular weight is 255 g/mol. The molecule has 0 heterocycles. The topological polar surface area (TPSA) is 21.3 Å². The second-order valence-electron chi connectivity index (χ2n) is 5.83. The fourth-order valence-electron chi connectivity index (χ4n) is 3.31. The van der Waals surface area contributed by atoms with E-state index in [4.69, 9.17) is 4.74 Å². The van der Waals surface area contributed by atoms with E-state index in [9.17, 15) is 0 Å². The van der Waals surface area contributed by atoms with Crippen LogP contribution < -0.4 is 5.32 Å². The zero-order valence-electron chi connectivity index (χ0n) is 12.8. The van der Waals surface area contributed by atoms with Crippen LogP contribution in [0.2, 0.25) is 0 Å². The lowest BCUT2D eigenvalue weighted by molar-refractivity contribution is -0.0382. The van der Waals surface area contributed by atoms with Gasteiger partial charge in [0.2, 0.25) is 0 Å². The molecule has 1 saturated carbocycles. The lowest BCUT2D eigenvalue weighted by Crippen LogP contribution is -2.50. The molecule has 2 heteroatoms. The smallest absolute Gasteiger partial charge is 0.0830 e. The van der Waals surface area contributed by atoms with E-state index >= 15 is 0 Å². The highest BCUT2D eigenvalue weighted by Crippen LogP contribution is 2.37. The van der Waals surface area contributed by atoms with E-state index in [2.05, 4.69) is 19.2 Å². The molecular formula is C16H33NO. The van der Waals surface area contributed by atoms with Gasteiger partial charge in [0.1, 0.15) is 0 Å². The second kappa shape index (κ2) is 8.92. The van der Waals surface area contributed by atoms with Gasteiger partial charge in [-0.05, 0) is 32.2 Å². The van der Waals surface area contributed by atoms with Gasteiger partial charge in [0.05, 0.1) is 5.60 Å². The predicted octanol–water partition coefficient (Wildman–Crippen LogP) is 4.28. The third kappa shape index (κ3) is 4.55. The lowest BCUT2D eigenvalue weighted by atomic mass is 9.88. The Labute approximate surface area is 114 Å². The van der Waals surface area contributed by atoms with Crippen molar-refractivity contribution < 1.29 is 4.74 Å². The third-order valence-corrected chi connectivity index (χ3v) is 4.48. The Morgan fingerprint density at radius 3 is 2.33 bits per heavy atom. The Balaban J connectivity index is 2.47. The first-order chi connectivity index (χ1) is 8.79. The van der Waals surface area contributed by atoms with Crippen LogP contribution in [-0.4, -0.2) is 25.3 Å². The van der Waals surface area contributed by atoms with Gasteiger partial charge in [0, 0.05) is 13.2 Å². The minimum atomic E-state index is 0.140. The third-order valence-electron chi connectivity index (χ3n) is 4.48. The average Bonchev–Trinajstić information content (AvgIpc) is 2.88.